The summed E-state index contributed by atoms with van der Waals surface area (Å²) in [6.45, 7) is 0.172. The van der Waals surface area contributed by atoms with Crippen molar-refractivity contribution in [3.63, 3.8) is 0 Å². The first-order valence-electron chi connectivity index (χ1n) is 14.3. The van der Waals surface area contributed by atoms with Crippen molar-refractivity contribution in [3.05, 3.63) is 169 Å². The fourth-order valence-corrected chi connectivity index (χ4v) is 10.5. The van der Waals surface area contributed by atoms with E-state index >= 15 is 0 Å². The third-order valence-corrected chi connectivity index (χ3v) is 12.1. The summed E-state index contributed by atoms with van der Waals surface area (Å²) in [7, 11) is -2.35. The van der Waals surface area contributed by atoms with Crippen LogP contribution in [-0.4, -0.2) is 11.7 Å². The summed E-state index contributed by atoms with van der Waals surface area (Å²) in [6.07, 6.45) is 1.54. The summed E-state index contributed by atoms with van der Waals surface area (Å²) in [5.41, 5.74) is 6.21. The molecule has 0 aliphatic heterocycles. The largest absolute Gasteiger partial charge is 1.00 e. The van der Waals surface area contributed by atoms with Crippen LogP contribution in [0.3, 0.4) is 0 Å². The van der Waals surface area contributed by atoms with Gasteiger partial charge in [0.1, 0.15) is 28.5 Å². The zero-order valence-corrected chi connectivity index (χ0v) is 26.0. The molecule has 0 saturated carbocycles. The average molecular weight is 630 g/mol. The number of halogens is 1. The molecular weight excluding hydrogens is 595 g/mol. The Morgan fingerprint density at radius 3 is 1.21 bits per heavy atom. The standard InChI is InChI=1S/C39H34OP.BrH/c40-30-16-21-33-28-29-37(39(32-19-8-2-9-20-32)38(33)31-17-6-1-7-18-31)41(34-22-10-3-11-23-34,35-24-12-4-13-25-35)36-26-14-5-15-27-36;/h1-15,17-20,22-29,40H,16,21,30H2;1H/q+1;/p-1. The number of rotatable bonds is 9. The Morgan fingerprint density at radius 1 is 0.429 bits per heavy atom. The van der Waals surface area contributed by atoms with Gasteiger partial charge < -0.3 is 22.1 Å². The molecule has 0 amide bonds. The van der Waals surface area contributed by atoms with E-state index < -0.39 is 7.26 Å². The maximum Gasteiger partial charge on any atom is 0.144 e. The van der Waals surface area contributed by atoms with E-state index in [0.717, 1.165) is 12.8 Å². The molecule has 6 rings (SSSR count). The van der Waals surface area contributed by atoms with Crippen LogP contribution < -0.4 is 38.2 Å². The summed E-state index contributed by atoms with van der Waals surface area (Å²) in [5.74, 6) is 0. The Labute approximate surface area is 260 Å². The van der Waals surface area contributed by atoms with Gasteiger partial charge in [-0.2, -0.15) is 0 Å². The molecule has 0 bridgehead atoms. The van der Waals surface area contributed by atoms with Crippen molar-refractivity contribution in [1.29, 1.82) is 0 Å². The molecule has 0 saturated heterocycles. The van der Waals surface area contributed by atoms with Crippen LogP contribution >= 0.6 is 7.26 Å². The van der Waals surface area contributed by atoms with E-state index in [2.05, 4.69) is 164 Å². The molecule has 6 aromatic rings. The molecule has 0 aliphatic rings. The summed E-state index contributed by atoms with van der Waals surface area (Å²) in [5, 5.41) is 15.1. The lowest BCUT2D eigenvalue weighted by atomic mass is 9.89. The van der Waals surface area contributed by atoms with Crippen molar-refractivity contribution in [3.8, 4) is 22.3 Å². The minimum atomic E-state index is -2.35. The molecule has 0 aromatic heterocycles. The van der Waals surface area contributed by atoms with E-state index in [0.29, 0.717) is 0 Å². The van der Waals surface area contributed by atoms with E-state index in [9.17, 15) is 5.11 Å². The molecule has 0 fully saturated rings. The van der Waals surface area contributed by atoms with Crippen molar-refractivity contribution < 1.29 is 22.1 Å². The lowest BCUT2D eigenvalue weighted by Crippen LogP contribution is -3.00. The highest BCUT2D eigenvalue weighted by Crippen LogP contribution is 2.57. The third kappa shape index (κ3) is 5.63. The molecule has 208 valence electrons. The molecular formula is C39H34BrOP. The van der Waals surface area contributed by atoms with Crippen LogP contribution in [0, 0.1) is 0 Å². The number of hydrogen-bond acceptors (Lipinski definition) is 1. The fourth-order valence-electron chi connectivity index (χ4n) is 6.04. The summed E-state index contributed by atoms with van der Waals surface area (Å²) < 4.78 is 0. The second kappa shape index (κ2) is 13.9. The highest BCUT2D eigenvalue weighted by Gasteiger charge is 2.50. The van der Waals surface area contributed by atoms with E-state index in [-0.39, 0.29) is 23.6 Å². The normalized spacial score (nSPS) is 11.1. The number of hydrogen-bond donors (Lipinski definition) is 1. The van der Waals surface area contributed by atoms with Gasteiger partial charge in [-0.25, -0.2) is 0 Å². The van der Waals surface area contributed by atoms with Gasteiger partial charge in [-0.3, -0.25) is 0 Å². The predicted octanol–water partition coefficient (Wildman–Crippen LogP) is 4.57. The fraction of sp³-hybridized carbons (Fsp3) is 0.0769. The van der Waals surface area contributed by atoms with Gasteiger partial charge in [-0.15, -0.1) is 0 Å². The van der Waals surface area contributed by atoms with Gasteiger partial charge in [0, 0.05) is 12.2 Å². The Hall–Kier alpha value is -3.81. The average Bonchev–Trinajstić information content (AvgIpc) is 3.06. The monoisotopic (exact) mass is 628 g/mol. The van der Waals surface area contributed by atoms with Gasteiger partial charge >= 0.3 is 0 Å². The van der Waals surface area contributed by atoms with Crippen LogP contribution in [-0.2, 0) is 6.42 Å². The highest BCUT2D eigenvalue weighted by atomic mass is 79.9. The number of aliphatic hydroxyl groups is 1. The Balaban J connectivity index is 0.00000353. The van der Waals surface area contributed by atoms with Crippen molar-refractivity contribution in [2.75, 3.05) is 6.61 Å². The Kier molecular flexibility index (Phi) is 9.82. The maximum atomic E-state index is 9.81. The minimum Gasteiger partial charge on any atom is -1.00 e. The van der Waals surface area contributed by atoms with Gasteiger partial charge in [-0.05, 0) is 77.6 Å². The molecule has 0 aliphatic carbocycles. The van der Waals surface area contributed by atoms with Gasteiger partial charge in [0.05, 0.1) is 0 Å². The van der Waals surface area contributed by atoms with E-state index in [4.69, 9.17) is 0 Å². The molecule has 6 aromatic carbocycles. The first-order valence-corrected chi connectivity index (χ1v) is 16.1. The highest BCUT2D eigenvalue weighted by molar-refractivity contribution is 8.01. The molecule has 1 nitrogen and oxygen atoms in total. The second-order valence-electron chi connectivity index (χ2n) is 10.2. The van der Waals surface area contributed by atoms with Gasteiger partial charge in [0.15, 0.2) is 0 Å². The van der Waals surface area contributed by atoms with E-state index in [1.165, 1.54) is 49.0 Å². The number of aryl methyl sites for hydroxylation is 1. The van der Waals surface area contributed by atoms with Crippen molar-refractivity contribution in [2.45, 2.75) is 12.8 Å². The van der Waals surface area contributed by atoms with Crippen molar-refractivity contribution in [1.82, 2.24) is 0 Å². The second-order valence-corrected chi connectivity index (χ2v) is 13.6. The van der Waals surface area contributed by atoms with Crippen LogP contribution in [0.15, 0.2) is 164 Å². The topological polar surface area (TPSA) is 20.2 Å². The smallest absolute Gasteiger partial charge is 0.144 e. The first kappa shape index (κ1) is 29.7. The molecule has 42 heavy (non-hydrogen) atoms. The predicted molar refractivity (Wildman–Crippen MR) is 178 cm³/mol. The molecule has 0 atom stereocenters. The lowest BCUT2D eigenvalue weighted by Gasteiger charge is -2.31. The van der Waals surface area contributed by atoms with Crippen LogP contribution in [0.1, 0.15) is 12.0 Å². The molecule has 1 N–H and O–H groups in total. The molecule has 0 radical (unpaired) electrons. The Morgan fingerprint density at radius 2 is 0.810 bits per heavy atom. The summed E-state index contributed by atoms with van der Waals surface area (Å²) >= 11 is 0. The van der Waals surface area contributed by atoms with Crippen LogP contribution in [0.2, 0.25) is 0 Å². The van der Waals surface area contributed by atoms with Crippen LogP contribution in [0.25, 0.3) is 22.3 Å². The molecule has 3 heteroatoms. The number of benzene rings is 6. The SMILES string of the molecule is OCCCc1ccc([P+](c2ccccc2)(c2ccccc2)c2ccccc2)c(-c2ccccc2)c1-c1ccccc1.[Br-]. The Bertz CT molecular complexity index is 1590. The molecule has 0 unspecified atom stereocenters. The van der Waals surface area contributed by atoms with Crippen molar-refractivity contribution in [2.24, 2.45) is 0 Å². The van der Waals surface area contributed by atoms with Gasteiger partial charge in [0.25, 0.3) is 0 Å². The van der Waals surface area contributed by atoms with E-state index in [1.54, 1.807) is 0 Å². The van der Waals surface area contributed by atoms with Gasteiger partial charge in [-0.1, -0.05) is 121 Å². The molecule has 0 spiro atoms. The van der Waals surface area contributed by atoms with E-state index in [1.807, 2.05) is 0 Å². The third-order valence-electron chi connectivity index (χ3n) is 7.79. The van der Waals surface area contributed by atoms with Crippen LogP contribution in [0.5, 0.6) is 0 Å². The first-order chi connectivity index (χ1) is 20.3. The zero-order chi connectivity index (χ0) is 27.9. The molecule has 0 heterocycles. The summed E-state index contributed by atoms with van der Waals surface area (Å²) in [6, 6.07) is 59.6. The maximum absolute atomic E-state index is 9.81. The lowest BCUT2D eigenvalue weighted by molar-refractivity contribution is -0.00000886. The van der Waals surface area contributed by atoms with Gasteiger partial charge in [0.2, 0.25) is 0 Å². The quantitative estimate of drug-likeness (QED) is 0.233. The van der Waals surface area contributed by atoms with Crippen molar-refractivity contribution >= 4 is 28.5 Å². The summed E-state index contributed by atoms with van der Waals surface area (Å²) in [4.78, 5) is 0. The minimum absolute atomic E-state index is 0. The van der Waals surface area contributed by atoms with Crippen LogP contribution in [0.4, 0.5) is 0 Å². The number of aliphatic hydroxyl groups excluding tert-OH is 1. The zero-order valence-electron chi connectivity index (χ0n) is 23.5.